The molecule has 0 saturated heterocycles. The van der Waals surface area contributed by atoms with Crippen molar-refractivity contribution in [2.24, 2.45) is 5.73 Å². The van der Waals surface area contributed by atoms with E-state index in [2.05, 4.69) is 20.2 Å². The number of hydrogen-bond donors (Lipinski definition) is 2. The van der Waals surface area contributed by atoms with Gasteiger partial charge in [-0.25, -0.2) is 4.98 Å². The van der Waals surface area contributed by atoms with E-state index in [0.717, 1.165) is 28.9 Å². The first-order chi connectivity index (χ1) is 9.85. The number of pyridine rings is 1. The minimum absolute atomic E-state index is 0.543. The van der Waals surface area contributed by atoms with E-state index in [9.17, 15) is 0 Å². The predicted molar refractivity (Wildman–Crippen MR) is 76.8 cm³/mol. The van der Waals surface area contributed by atoms with Crippen molar-refractivity contribution in [3.8, 4) is 11.4 Å². The third-order valence-electron chi connectivity index (χ3n) is 3.10. The van der Waals surface area contributed by atoms with Crippen LogP contribution in [-0.4, -0.2) is 20.2 Å². The number of rotatable bonds is 4. The SMILES string of the molecule is NCc1ccc(-c2n[nH]c(Cc3ccncc3)n2)cc1. The van der Waals surface area contributed by atoms with E-state index in [1.165, 1.54) is 0 Å². The second kappa shape index (κ2) is 5.63. The molecule has 2 aromatic heterocycles. The van der Waals surface area contributed by atoms with E-state index in [-0.39, 0.29) is 0 Å². The molecular weight excluding hydrogens is 250 g/mol. The first-order valence-electron chi connectivity index (χ1n) is 6.45. The Bertz CT molecular complexity index is 673. The Labute approximate surface area is 116 Å². The molecule has 0 spiro atoms. The summed E-state index contributed by atoms with van der Waals surface area (Å²) in [5.41, 5.74) is 8.82. The average Bonchev–Trinajstić information content (AvgIpc) is 2.97. The fourth-order valence-corrected chi connectivity index (χ4v) is 1.99. The molecule has 0 radical (unpaired) electrons. The van der Waals surface area contributed by atoms with Gasteiger partial charge in [-0.1, -0.05) is 24.3 Å². The second-order valence-corrected chi connectivity index (χ2v) is 4.54. The molecule has 2 heterocycles. The van der Waals surface area contributed by atoms with E-state index >= 15 is 0 Å². The number of nitrogens with zero attached hydrogens (tertiary/aromatic N) is 3. The van der Waals surface area contributed by atoms with Gasteiger partial charge in [-0.05, 0) is 23.3 Å². The van der Waals surface area contributed by atoms with Crippen molar-refractivity contribution in [2.45, 2.75) is 13.0 Å². The molecule has 100 valence electrons. The van der Waals surface area contributed by atoms with Crippen molar-refractivity contribution < 1.29 is 0 Å². The quantitative estimate of drug-likeness (QED) is 0.755. The maximum absolute atomic E-state index is 5.59. The second-order valence-electron chi connectivity index (χ2n) is 4.54. The third-order valence-corrected chi connectivity index (χ3v) is 3.10. The number of nitrogens with one attached hydrogen (secondary N) is 1. The fraction of sp³-hybridized carbons (Fsp3) is 0.133. The summed E-state index contributed by atoms with van der Waals surface area (Å²) < 4.78 is 0. The van der Waals surface area contributed by atoms with Gasteiger partial charge in [0.05, 0.1) is 0 Å². The summed E-state index contributed by atoms with van der Waals surface area (Å²) in [5.74, 6) is 1.55. The summed E-state index contributed by atoms with van der Waals surface area (Å²) in [4.78, 5) is 8.51. The zero-order chi connectivity index (χ0) is 13.8. The van der Waals surface area contributed by atoms with E-state index in [0.29, 0.717) is 12.4 Å². The van der Waals surface area contributed by atoms with Gasteiger partial charge in [0, 0.05) is 30.9 Å². The van der Waals surface area contributed by atoms with Crippen molar-refractivity contribution in [1.29, 1.82) is 0 Å². The zero-order valence-corrected chi connectivity index (χ0v) is 11.0. The summed E-state index contributed by atoms with van der Waals surface area (Å²) in [6, 6.07) is 11.9. The lowest BCUT2D eigenvalue weighted by molar-refractivity contribution is 0.970. The summed E-state index contributed by atoms with van der Waals surface area (Å²) in [6.07, 6.45) is 4.27. The van der Waals surface area contributed by atoms with Crippen molar-refractivity contribution in [3.63, 3.8) is 0 Å². The van der Waals surface area contributed by atoms with Crippen LogP contribution in [0.5, 0.6) is 0 Å². The number of aromatic amines is 1. The van der Waals surface area contributed by atoms with E-state index < -0.39 is 0 Å². The van der Waals surface area contributed by atoms with Crippen LogP contribution in [0.4, 0.5) is 0 Å². The van der Waals surface area contributed by atoms with Crippen LogP contribution in [0.15, 0.2) is 48.8 Å². The third kappa shape index (κ3) is 2.73. The lowest BCUT2D eigenvalue weighted by Crippen LogP contribution is -1.95. The first kappa shape index (κ1) is 12.5. The molecule has 0 fully saturated rings. The van der Waals surface area contributed by atoms with Crippen LogP contribution in [0, 0.1) is 0 Å². The standard InChI is InChI=1S/C15H15N5/c16-10-12-1-3-13(4-2-12)15-18-14(19-20-15)9-11-5-7-17-8-6-11/h1-8H,9-10,16H2,(H,18,19,20). The number of benzene rings is 1. The molecule has 3 N–H and O–H groups in total. The van der Waals surface area contributed by atoms with Crippen LogP contribution in [0.3, 0.4) is 0 Å². The molecule has 0 unspecified atom stereocenters. The Kier molecular flexibility index (Phi) is 3.52. The minimum Gasteiger partial charge on any atom is -0.326 e. The van der Waals surface area contributed by atoms with Crippen LogP contribution >= 0.6 is 0 Å². The van der Waals surface area contributed by atoms with Gasteiger partial charge in [0.1, 0.15) is 5.82 Å². The molecule has 1 aromatic carbocycles. The van der Waals surface area contributed by atoms with Gasteiger partial charge in [0.15, 0.2) is 5.82 Å². The van der Waals surface area contributed by atoms with Gasteiger partial charge in [-0.3, -0.25) is 10.1 Å². The van der Waals surface area contributed by atoms with Crippen LogP contribution in [0.2, 0.25) is 0 Å². The van der Waals surface area contributed by atoms with Crippen molar-refractivity contribution in [3.05, 3.63) is 65.7 Å². The molecule has 5 heteroatoms. The molecule has 0 amide bonds. The molecule has 3 rings (SSSR count). The highest BCUT2D eigenvalue weighted by Gasteiger charge is 2.06. The van der Waals surface area contributed by atoms with Crippen LogP contribution in [-0.2, 0) is 13.0 Å². The Morgan fingerprint density at radius 2 is 1.70 bits per heavy atom. The molecule has 20 heavy (non-hydrogen) atoms. The number of hydrogen-bond acceptors (Lipinski definition) is 4. The lowest BCUT2D eigenvalue weighted by atomic mass is 10.1. The Balaban J connectivity index is 1.79. The van der Waals surface area contributed by atoms with Gasteiger partial charge in [-0.2, -0.15) is 5.10 Å². The monoisotopic (exact) mass is 265 g/mol. The number of aromatic nitrogens is 4. The Morgan fingerprint density at radius 3 is 2.40 bits per heavy atom. The Hall–Kier alpha value is -2.53. The molecule has 5 nitrogen and oxygen atoms in total. The highest BCUT2D eigenvalue weighted by atomic mass is 15.2. The molecule has 3 aromatic rings. The minimum atomic E-state index is 0.543. The topological polar surface area (TPSA) is 80.5 Å². The molecule has 0 aliphatic carbocycles. The summed E-state index contributed by atoms with van der Waals surface area (Å²) in [5, 5.41) is 7.23. The number of nitrogens with two attached hydrogens (primary N) is 1. The largest absolute Gasteiger partial charge is 0.326 e. The molecule has 0 saturated carbocycles. The summed E-state index contributed by atoms with van der Waals surface area (Å²) in [7, 11) is 0. The molecular formula is C15H15N5. The van der Waals surface area contributed by atoms with Crippen LogP contribution in [0.25, 0.3) is 11.4 Å². The van der Waals surface area contributed by atoms with Gasteiger partial charge in [0.2, 0.25) is 0 Å². The van der Waals surface area contributed by atoms with Gasteiger partial charge in [-0.15, -0.1) is 0 Å². The number of H-pyrrole nitrogens is 1. The smallest absolute Gasteiger partial charge is 0.181 e. The van der Waals surface area contributed by atoms with Gasteiger partial charge >= 0.3 is 0 Å². The van der Waals surface area contributed by atoms with Gasteiger partial charge in [0.25, 0.3) is 0 Å². The fourth-order valence-electron chi connectivity index (χ4n) is 1.99. The summed E-state index contributed by atoms with van der Waals surface area (Å²) in [6.45, 7) is 0.543. The van der Waals surface area contributed by atoms with Gasteiger partial charge < -0.3 is 5.73 Å². The Morgan fingerprint density at radius 1 is 0.950 bits per heavy atom. The molecule has 0 atom stereocenters. The average molecular weight is 265 g/mol. The first-order valence-corrected chi connectivity index (χ1v) is 6.45. The maximum Gasteiger partial charge on any atom is 0.181 e. The van der Waals surface area contributed by atoms with Crippen molar-refractivity contribution in [1.82, 2.24) is 20.2 Å². The van der Waals surface area contributed by atoms with Crippen LogP contribution in [0.1, 0.15) is 17.0 Å². The molecule has 0 bridgehead atoms. The zero-order valence-electron chi connectivity index (χ0n) is 11.0. The summed E-state index contributed by atoms with van der Waals surface area (Å²) >= 11 is 0. The van der Waals surface area contributed by atoms with Crippen LogP contribution < -0.4 is 5.73 Å². The van der Waals surface area contributed by atoms with E-state index in [4.69, 9.17) is 5.73 Å². The normalized spacial score (nSPS) is 10.7. The van der Waals surface area contributed by atoms with Crippen molar-refractivity contribution in [2.75, 3.05) is 0 Å². The highest BCUT2D eigenvalue weighted by Crippen LogP contribution is 2.16. The van der Waals surface area contributed by atoms with E-state index in [1.54, 1.807) is 12.4 Å². The van der Waals surface area contributed by atoms with Crippen molar-refractivity contribution >= 4 is 0 Å². The predicted octanol–water partition coefficient (Wildman–Crippen LogP) is 1.92. The van der Waals surface area contributed by atoms with E-state index in [1.807, 2.05) is 36.4 Å². The molecule has 0 aliphatic rings. The highest BCUT2D eigenvalue weighted by molar-refractivity contribution is 5.55. The molecule has 0 aliphatic heterocycles. The maximum atomic E-state index is 5.59. The lowest BCUT2D eigenvalue weighted by Gasteiger charge is -1.98.